The number of nitrogens with zero attached hydrogens (tertiary/aromatic N) is 1. The molecule has 1 N–H and O–H groups in total. The Morgan fingerprint density at radius 1 is 1.53 bits per heavy atom. The van der Waals surface area contributed by atoms with Gasteiger partial charge in [0.2, 0.25) is 5.91 Å². The van der Waals surface area contributed by atoms with Crippen molar-refractivity contribution in [2.75, 3.05) is 32.1 Å². The molecule has 0 aliphatic carbocycles. The SMILES string of the molecule is CCN(C/C=C/Cl)CC(=O)Nc1cccc(OC)c1. The lowest BCUT2D eigenvalue weighted by Gasteiger charge is -2.17. The van der Waals surface area contributed by atoms with Crippen LogP contribution in [0.4, 0.5) is 5.69 Å². The summed E-state index contributed by atoms with van der Waals surface area (Å²) in [5.74, 6) is 0.660. The van der Waals surface area contributed by atoms with Crippen molar-refractivity contribution in [3.8, 4) is 5.75 Å². The lowest BCUT2D eigenvalue weighted by atomic mass is 10.3. The first-order valence-electron chi connectivity index (χ1n) is 6.11. The molecular formula is C14H19ClN2O2. The molecule has 0 atom stereocenters. The van der Waals surface area contributed by atoms with Crippen LogP contribution in [0.15, 0.2) is 35.9 Å². The van der Waals surface area contributed by atoms with E-state index in [2.05, 4.69) is 5.32 Å². The summed E-state index contributed by atoms with van der Waals surface area (Å²) in [6.07, 6.45) is 1.81. The van der Waals surface area contributed by atoms with E-state index < -0.39 is 0 Å². The molecule has 0 radical (unpaired) electrons. The van der Waals surface area contributed by atoms with Crippen molar-refractivity contribution >= 4 is 23.2 Å². The maximum absolute atomic E-state index is 11.9. The molecule has 0 aliphatic rings. The number of likely N-dealkylation sites (N-methyl/N-ethyl adjacent to an activating group) is 1. The van der Waals surface area contributed by atoms with Crippen molar-refractivity contribution in [3.05, 3.63) is 35.9 Å². The number of halogens is 1. The monoisotopic (exact) mass is 282 g/mol. The Labute approximate surface area is 119 Å². The average Bonchev–Trinajstić information content (AvgIpc) is 2.43. The number of carbonyl (C=O) groups is 1. The zero-order valence-electron chi connectivity index (χ0n) is 11.2. The van der Waals surface area contributed by atoms with Gasteiger partial charge in [0.1, 0.15) is 5.75 Å². The molecule has 0 spiro atoms. The van der Waals surface area contributed by atoms with Crippen LogP contribution >= 0.6 is 11.6 Å². The Kier molecular flexibility index (Phi) is 7.00. The molecule has 0 fully saturated rings. The van der Waals surface area contributed by atoms with Gasteiger partial charge in [-0.15, -0.1) is 0 Å². The smallest absolute Gasteiger partial charge is 0.238 e. The molecule has 0 bridgehead atoms. The number of ether oxygens (including phenoxy) is 1. The second kappa shape index (κ2) is 8.56. The number of hydrogen-bond donors (Lipinski definition) is 1. The third-order valence-corrected chi connectivity index (χ3v) is 2.80. The van der Waals surface area contributed by atoms with Gasteiger partial charge in [0.25, 0.3) is 0 Å². The predicted octanol–water partition coefficient (Wildman–Crippen LogP) is 2.71. The molecule has 1 aromatic carbocycles. The summed E-state index contributed by atoms with van der Waals surface area (Å²) in [6, 6.07) is 7.28. The molecule has 0 saturated carbocycles. The van der Waals surface area contributed by atoms with Gasteiger partial charge in [0.05, 0.1) is 13.7 Å². The minimum atomic E-state index is -0.0573. The van der Waals surface area contributed by atoms with Crippen LogP contribution in [0.5, 0.6) is 5.75 Å². The molecule has 0 saturated heterocycles. The van der Waals surface area contributed by atoms with E-state index in [1.54, 1.807) is 13.2 Å². The van der Waals surface area contributed by atoms with Crippen LogP contribution in [-0.2, 0) is 4.79 Å². The summed E-state index contributed by atoms with van der Waals surface area (Å²) in [4.78, 5) is 13.9. The summed E-state index contributed by atoms with van der Waals surface area (Å²) in [5.41, 5.74) is 2.19. The number of amides is 1. The van der Waals surface area contributed by atoms with Gasteiger partial charge in [-0.05, 0) is 18.7 Å². The van der Waals surface area contributed by atoms with E-state index >= 15 is 0 Å². The number of methoxy groups -OCH3 is 1. The molecule has 0 unspecified atom stereocenters. The van der Waals surface area contributed by atoms with E-state index in [1.807, 2.05) is 36.1 Å². The van der Waals surface area contributed by atoms with Crippen molar-refractivity contribution in [2.45, 2.75) is 6.92 Å². The van der Waals surface area contributed by atoms with Crippen LogP contribution in [0.1, 0.15) is 6.92 Å². The second-order valence-electron chi connectivity index (χ2n) is 3.97. The maximum atomic E-state index is 11.9. The maximum Gasteiger partial charge on any atom is 0.238 e. The summed E-state index contributed by atoms with van der Waals surface area (Å²) in [6.45, 7) is 3.77. The Hall–Kier alpha value is -1.52. The highest BCUT2D eigenvalue weighted by molar-refractivity contribution is 6.25. The van der Waals surface area contributed by atoms with Gasteiger partial charge >= 0.3 is 0 Å². The van der Waals surface area contributed by atoms with Crippen LogP contribution in [0.2, 0.25) is 0 Å². The van der Waals surface area contributed by atoms with Crippen LogP contribution in [0.3, 0.4) is 0 Å². The topological polar surface area (TPSA) is 41.6 Å². The number of nitrogens with one attached hydrogen (secondary N) is 1. The number of carbonyl (C=O) groups excluding carboxylic acids is 1. The normalized spacial score (nSPS) is 10.9. The highest BCUT2D eigenvalue weighted by Crippen LogP contribution is 2.16. The molecule has 1 aromatic rings. The van der Waals surface area contributed by atoms with Crippen LogP contribution < -0.4 is 10.1 Å². The Morgan fingerprint density at radius 3 is 2.95 bits per heavy atom. The van der Waals surface area contributed by atoms with Gasteiger partial charge in [-0.3, -0.25) is 9.69 Å². The first-order chi connectivity index (χ1) is 9.19. The number of hydrogen-bond acceptors (Lipinski definition) is 3. The van der Waals surface area contributed by atoms with Crippen LogP contribution in [0, 0.1) is 0 Å². The minimum absolute atomic E-state index is 0.0573. The molecular weight excluding hydrogens is 264 g/mol. The van der Waals surface area contributed by atoms with Gasteiger partial charge < -0.3 is 10.1 Å². The first-order valence-corrected chi connectivity index (χ1v) is 6.54. The molecule has 0 aliphatic heterocycles. The highest BCUT2D eigenvalue weighted by Gasteiger charge is 2.08. The zero-order chi connectivity index (χ0) is 14.1. The fourth-order valence-corrected chi connectivity index (χ4v) is 1.68. The number of benzene rings is 1. The zero-order valence-corrected chi connectivity index (χ0v) is 12.0. The van der Waals surface area contributed by atoms with Gasteiger partial charge in [0, 0.05) is 23.8 Å². The predicted molar refractivity (Wildman–Crippen MR) is 78.7 cm³/mol. The van der Waals surface area contributed by atoms with Crippen molar-refractivity contribution < 1.29 is 9.53 Å². The first kappa shape index (κ1) is 15.5. The summed E-state index contributed by atoms with van der Waals surface area (Å²) in [5, 5.41) is 2.84. The molecule has 0 aromatic heterocycles. The van der Waals surface area contributed by atoms with Crippen molar-refractivity contribution in [1.82, 2.24) is 4.90 Å². The van der Waals surface area contributed by atoms with E-state index in [0.717, 1.165) is 18.0 Å². The van der Waals surface area contributed by atoms with Gasteiger partial charge in [-0.2, -0.15) is 0 Å². The summed E-state index contributed by atoms with van der Waals surface area (Å²) >= 11 is 5.48. The Bertz CT molecular complexity index is 435. The molecule has 19 heavy (non-hydrogen) atoms. The third-order valence-electron chi connectivity index (χ3n) is 2.62. The molecule has 5 heteroatoms. The van der Waals surface area contributed by atoms with Crippen molar-refractivity contribution in [3.63, 3.8) is 0 Å². The highest BCUT2D eigenvalue weighted by atomic mass is 35.5. The molecule has 104 valence electrons. The van der Waals surface area contributed by atoms with E-state index in [-0.39, 0.29) is 5.91 Å². The fourth-order valence-electron chi connectivity index (χ4n) is 1.60. The van der Waals surface area contributed by atoms with E-state index in [4.69, 9.17) is 16.3 Å². The lowest BCUT2D eigenvalue weighted by molar-refractivity contribution is -0.117. The van der Waals surface area contributed by atoms with E-state index in [0.29, 0.717) is 13.1 Å². The van der Waals surface area contributed by atoms with E-state index in [1.165, 1.54) is 5.54 Å². The Morgan fingerprint density at radius 2 is 2.32 bits per heavy atom. The number of anilines is 1. The number of rotatable bonds is 7. The van der Waals surface area contributed by atoms with E-state index in [9.17, 15) is 4.79 Å². The average molecular weight is 283 g/mol. The van der Waals surface area contributed by atoms with Crippen LogP contribution in [-0.4, -0.2) is 37.6 Å². The van der Waals surface area contributed by atoms with Gasteiger partial charge in [-0.25, -0.2) is 0 Å². The lowest BCUT2D eigenvalue weighted by Crippen LogP contribution is -2.33. The summed E-state index contributed by atoms with van der Waals surface area (Å²) in [7, 11) is 1.60. The van der Waals surface area contributed by atoms with Crippen LogP contribution in [0.25, 0.3) is 0 Å². The van der Waals surface area contributed by atoms with Gasteiger partial charge in [-0.1, -0.05) is 30.7 Å². The second-order valence-corrected chi connectivity index (χ2v) is 4.22. The Balaban J connectivity index is 2.53. The van der Waals surface area contributed by atoms with Crippen molar-refractivity contribution in [1.29, 1.82) is 0 Å². The summed E-state index contributed by atoms with van der Waals surface area (Å²) < 4.78 is 5.11. The van der Waals surface area contributed by atoms with Crippen molar-refractivity contribution in [2.24, 2.45) is 0 Å². The quantitative estimate of drug-likeness (QED) is 0.836. The molecule has 0 heterocycles. The molecule has 4 nitrogen and oxygen atoms in total. The van der Waals surface area contributed by atoms with Gasteiger partial charge in [0.15, 0.2) is 0 Å². The standard InChI is InChI=1S/C14H19ClN2O2/c1-3-17(9-5-8-15)11-14(18)16-12-6-4-7-13(10-12)19-2/h4-8,10H,3,9,11H2,1-2H3,(H,16,18)/b8-5+. The molecule has 1 rings (SSSR count). The third kappa shape index (κ3) is 5.77. The molecule has 1 amide bonds. The minimum Gasteiger partial charge on any atom is -0.497 e. The largest absolute Gasteiger partial charge is 0.497 e. The fraction of sp³-hybridized carbons (Fsp3) is 0.357.